The molecular weight excluding hydrogens is 468 g/mol. The molecule has 0 bridgehead atoms. The van der Waals surface area contributed by atoms with Crippen molar-refractivity contribution in [1.29, 1.82) is 0 Å². The van der Waals surface area contributed by atoms with E-state index in [0.29, 0.717) is 50.7 Å². The molecule has 3 amide bonds. The van der Waals surface area contributed by atoms with Crippen molar-refractivity contribution in [3.8, 4) is 0 Å². The number of hydrogen-bond acceptors (Lipinski definition) is 5. The number of halogens is 1. The zero-order chi connectivity index (χ0) is 26.0. The fraction of sp³-hybridized carbons (Fsp3) is 0.654. The summed E-state index contributed by atoms with van der Waals surface area (Å²) in [6, 6.07) is 6.59. The van der Waals surface area contributed by atoms with Crippen LogP contribution in [0.5, 0.6) is 0 Å². The molecule has 2 saturated heterocycles. The van der Waals surface area contributed by atoms with Crippen LogP contribution in [-0.2, 0) is 20.0 Å². The summed E-state index contributed by atoms with van der Waals surface area (Å²) in [6.45, 7) is 12.8. The fourth-order valence-electron chi connectivity index (χ4n) is 5.12. The Hall–Kier alpha value is -2.16. The monoisotopic (exact) mass is 506 g/mol. The van der Waals surface area contributed by atoms with Gasteiger partial charge in [-0.05, 0) is 30.0 Å². The summed E-state index contributed by atoms with van der Waals surface area (Å²) in [5.41, 5.74) is -0.901. The first-order valence-electron chi connectivity index (χ1n) is 12.4. The SMILES string of the molecule is CC(=O)N1CCN(CC(=O)N[C@@H](C(=O)N2CC[C@](O)(c3ccc(Cl)cc3)C(C)(C)C2)C(C)C)CC1. The van der Waals surface area contributed by atoms with Gasteiger partial charge in [-0.15, -0.1) is 0 Å². The minimum atomic E-state index is -1.09. The van der Waals surface area contributed by atoms with Crippen molar-refractivity contribution < 1.29 is 19.5 Å². The van der Waals surface area contributed by atoms with Gasteiger partial charge in [-0.25, -0.2) is 0 Å². The first-order chi connectivity index (χ1) is 16.3. The number of rotatable bonds is 6. The van der Waals surface area contributed by atoms with E-state index in [9.17, 15) is 19.5 Å². The van der Waals surface area contributed by atoms with Crippen LogP contribution in [0, 0.1) is 11.3 Å². The minimum absolute atomic E-state index is 0.0481. The Morgan fingerprint density at radius 1 is 1.03 bits per heavy atom. The number of likely N-dealkylation sites (tertiary alicyclic amines) is 1. The maximum absolute atomic E-state index is 13.5. The van der Waals surface area contributed by atoms with Crippen LogP contribution in [0.1, 0.15) is 46.6 Å². The molecule has 2 aliphatic rings. The molecule has 0 saturated carbocycles. The Balaban J connectivity index is 1.62. The molecule has 0 aromatic heterocycles. The van der Waals surface area contributed by atoms with E-state index in [1.807, 2.05) is 44.7 Å². The molecule has 0 unspecified atom stereocenters. The molecular formula is C26H39ClN4O4. The first kappa shape index (κ1) is 27.4. The zero-order valence-corrected chi connectivity index (χ0v) is 22.3. The van der Waals surface area contributed by atoms with Gasteiger partial charge in [0, 0.05) is 56.6 Å². The number of amides is 3. The van der Waals surface area contributed by atoms with Gasteiger partial charge in [-0.3, -0.25) is 19.3 Å². The van der Waals surface area contributed by atoms with Crippen LogP contribution in [0.15, 0.2) is 24.3 Å². The van der Waals surface area contributed by atoms with Crippen LogP contribution >= 0.6 is 11.6 Å². The Morgan fingerprint density at radius 2 is 1.63 bits per heavy atom. The fourth-order valence-corrected chi connectivity index (χ4v) is 5.25. The molecule has 2 fully saturated rings. The third-order valence-corrected chi connectivity index (χ3v) is 7.77. The van der Waals surface area contributed by atoms with Gasteiger partial charge in [0.15, 0.2) is 0 Å². The summed E-state index contributed by atoms with van der Waals surface area (Å²) in [4.78, 5) is 43.4. The molecule has 3 rings (SSSR count). The van der Waals surface area contributed by atoms with Crippen molar-refractivity contribution >= 4 is 29.3 Å². The van der Waals surface area contributed by atoms with Crippen LogP contribution < -0.4 is 5.32 Å². The number of benzene rings is 1. The molecule has 1 aromatic rings. The lowest BCUT2D eigenvalue weighted by molar-refractivity contribution is -0.156. The van der Waals surface area contributed by atoms with Gasteiger partial charge in [0.05, 0.1) is 12.1 Å². The molecule has 9 heteroatoms. The second kappa shape index (κ2) is 10.8. The normalized spacial score (nSPS) is 23.8. The molecule has 1 aromatic carbocycles. The summed E-state index contributed by atoms with van der Waals surface area (Å²) >= 11 is 6.03. The number of nitrogens with one attached hydrogen (secondary N) is 1. The summed E-state index contributed by atoms with van der Waals surface area (Å²) in [5, 5.41) is 15.2. The summed E-state index contributed by atoms with van der Waals surface area (Å²) < 4.78 is 0. The molecule has 2 aliphatic heterocycles. The maximum atomic E-state index is 13.5. The van der Waals surface area contributed by atoms with Crippen molar-refractivity contribution in [3.05, 3.63) is 34.9 Å². The number of piperazine rings is 1. The van der Waals surface area contributed by atoms with E-state index in [0.717, 1.165) is 5.56 Å². The molecule has 35 heavy (non-hydrogen) atoms. The molecule has 0 radical (unpaired) electrons. The quantitative estimate of drug-likeness (QED) is 0.616. The summed E-state index contributed by atoms with van der Waals surface area (Å²) in [6.07, 6.45) is 0.395. The second-order valence-corrected chi connectivity index (χ2v) is 11.3. The van der Waals surface area contributed by atoms with E-state index in [2.05, 4.69) is 5.32 Å². The highest BCUT2D eigenvalue weighted by molar-refractivity contribution is 6.30. The van der Waals surface area contributed by atoms with Crippen molar-refractivity contribution in [2.75, 3.05) is 45.8 Å². The van der Waals surface area contributed by atoms with Crippen LogP contribution in [0.4, 0.5) is 0 Å². The largest absolute Gasteiger partial charge is 0.384 e. The highest BCUT2D eigenvalue weighted by Gasteiger charge is 2.50. The van der Waals surface area contributed by atoms with E-state index in [4.69, 9.17) is 11.6 Å². The predicted molar refractivity (Wildman–Crippen MR) is 136 cm³/mol. The average Bonchev–Trinajstić information content (AvgIpc) is 2.79. The predicted octanol–water partition coefficient (Wildman–Crippen LogP) is 2.09. The van der Waals surface area contributed by atoms with E-state index < -0.39 is 17.1 Å². The topological polar surface area (TPSA) is 93.2 Å². The first-order valence-corrected chi connectivity index (χ1v) is 12.8. The number of piperidine rings is 1. The van der Waals surface area contributed by atoms with Crippen molar-refractivity contribution in [3.63, 3.8) is 0 Å². The van der Waals surface area contributed by atoms with Gasteiger partial charge < -0.3 is 20.2 Å². The maximum Gasteiger partial charge on any atom is 0.245 e. The third-order valence-electron chi connectivity index (χ3n) is 7.52. The Bertz CT molecular complexity index is 928. The highest BCUT2D eigenvalue weighted by atomic mass is 35.5. The summed E-state index contributed by atoms with van der Waals surface area (Å²) in [7, 11) is 0. The molecule has 0 aliphatic carbocycles. The van der Waals surface area contributed by atoms with Gasteiger partial charge in [-0.2, -0.15) is 0 Å². The molecule has 2 heterocycles. The number of carbonyl (C=O) groups is 3. The van der Waals surface area contributed by atoms with Gasteiger partial charge in [-0.1, -0.05) is 51.4 Å². The van der Waals surface area contributed by atoms with Gasteiger partial charge in [0.25, 0.3) is 0 Å². The van der Waals surface area contributed by atoms with Crippen molar-refractivity contribution in [1.82, 2.24) is 20.0 Å². The van der Waals surface area contributed by atoms with Gasteiger partial charge >= 0.3 is 0 Å². The lowest BCUT2D eigenvalue weighted by Gasteiger charge is -2.51. The highest BCUT2D eigenvalue weighted by Crippen LogP contribution is 2.46. The molecule has 8 nitrogen and oxygen atoms in total. The Morgan fingerprint density at radius 3 is 2.14 bits per heavy atom. The number of aliphatic hydroxyl groups is 1. The van der Waals surface area contributed by atoms with E-state index >= 15 is 0 Å². The lowest BCUT2D eigenvalue weighted by atomic mass is 9.66. The molecule has 2 N–H and O–H groups in total. The van der Waals surface area contributed by atoms with Crippen molar-refractivity contribution in [2.24, 2.45) is 11.3 Å². The number of nitrogens with zero attached hydrogens (tertiary/aromatic N) is 3. The van der Waals surface area contributed by atoms with Gasteiger partial charge in [0.2, 0.25) is 17.7 Å². The standard InChI is InChI=1S/C26H39ClN4O4/c1-18(2)23(28-22(33)16-29-12-14-30(15-13-29)19(3)32)24(34)31-11-10-26(35,25(4,5)17-31)20-6-8-21(27)9-7-20/h6-9,18,23,35H,10-17H2,1-5H3,(H,28,33)/t23-,26+/m1/s1. The molecule has 0 spiro atoms. The van der Waals surface area contributed by atoms with Crippen LogP contribution in [0.2, 0.25) is 5.02 Å². The molecule has 194 valence electrons. The number of carbonyl (C=O) groups excluding carboxylic acids is 3. The van der Waals surface area contributed by atoms with Gasteiger partial charge in [0.1, 0.15) is 6.04 Å². The average molecular weight is 507 g/mol. The Kier molecular flexibility index (Phi) is 8.50. The van der Waals surface area contributed by atoms with E-state index in [1.165, 1.54) is 0 Å². The summed E-state index contributed by atoms with van der Waals surface area (Å²) in [5.74, 6) is -0.351. The van der Waals surface area contributed by atoms with Crippen molar-refractivity contribution in [2.45, 2.75) is 52.7 Å². The lowest BCUT2D eigenvalue weighted by Crippen LogP contribution is -2.61. The minimum Gasteiger partial charge on any atom is -0.384 e. The van der Waals surface area contributed by atoms with Crippen LogP contribution in [-0.4, -0.2) is 89.4 Å². The number of hydrogen-bond donors (Lipinski definition) is 2. The smallest absolute Gasteiger partial charge is 0.245 e. The van der Waals surface area contributed by atoms with Crippen LogP contribution in [0.3, 0.4) is 0 Å². The van der Waals surface area contributed by atoms with Crippen LogP contribution in [0.25, 0.3) is 0 Å². The second-order valence-electron chi connectivity index (χ2n) is 10.8. The third kappa shape index (κ3) is 6.16. The molecule has 2 atom stereocenters. The zero-order valence-electron chi connectivity index (χ0n) is 21.5. The van der Waals surface area contributed by atoms with E-state index in [-0.39, 0.29) is 30.2 Å². The Labute approximate surface area is 213 Å². The van der Waals surface area contributed by atoms with E-state index in [1.54, 1.807) is 28.9 Å².